The first-order valence-corrected chi connectivity index (χ1v) is 8.28. The smallest absolute Gasteiger partial charge is 0.137 e. The van der Waals surface area contributed by atoms with Crippen molar-refractivity contribution in [3.05, 3.63) is 46.7 Å². The van der Waals surface area contributed by atoms with Crippen molar-refractivity contribution in [1.29, 1.82) is 0 Å². The maximum absolute atomic E-state index is 10.1. The lowest BCUT2D eigenvalue weighted by Gasteiger charge is -2.35. The molecule has 1 fully saturated rings. The van der Waals surface area contributed by atoms with Crippen LogP contribution in [0.25, 0.3) is 5.69 Å². The third-order valence-corrected chi connectivity index (χ3v) is 4.93. The Morgan fingerprint density at radius 3 is 2.70 bits per heavy atom. The van der Waals surface area contributed by atoms with Gasteiger partial charge in [0, 0.05) is 31.2 Å². The highest BCUT2D eigenvalue weighted by molar-refractivity contribution is 6.30. The minimum absolute atomic E-state index is 0.0186. The van der Waals surface area contributed by atoms with Crippen LogP contribution in [0.1, 0.15) is 17.7 Å². The summed E-state index contributed by atoms with van der Waals surface area (Å²) >= 11 is 6.55. The van der Waals surface area contributed by atoms with E-state index < -0.39 is 6.10 Å². The molecule has 0 amide bonds. The Labute approximate surface area is 141 Å². The van der Waals surface area contributed by atoms with Gasteiger partial charge in [-0.15, -0.1) is 0 Å². The normalized spacial score (nSPS) is 22.4. The molecule has 1 aliphatic heterocycles. The fourth-order valence-electron chi connectivity index (χ4n) is 3.08. The van der Waals surface area contributed by atoms with Crippen LogP contribution in [0.2, 0.25) is 5.15 Å². The number of nitrogens with zero attached hydrogens (tertiary/aromatic N) is 3. The molecule has 1 aromatic carbocycles. The number of aromatic nitrogens is 2. The van der Waals surface area contributed by atoms with E-state index in [1.165, 1.54) is 0 Å². The molecular weight excluding hydrogens is 314 g/mol. The highest BCUT2D eigenvalue weighted by atomic mass is 35.5. The first-order valence-electron chi connectivity index (χ1n) is 7.91. The topological polar surface area (TPSA) is 61.5 Å². The van der Waals surface area contributed by atoms with Crippen molar-refractivity contribution in [2.24, 2.45) is 5.92 Å². The second-order valence-corrected chi connectivity index (χ2v) is 6.49. The lowest BCUT2D eigenvalue weighted by atomic mass is 9.94. The first kappa shape index (κ1) is 16.5. The number of rotatable bonds is 4. The van der Waals surface area contributed by atoms with E-state index in [-0.39, 0.29) is 12.5 Å². The summed E-state index contributed by atoms with van der Waals surface area (Å²) in [6, 6.07) is 9.81. The second-order valence-electron chi connectivity index (χ2n) is 6.14. The van der Waals surface area contributed by atoms with Crippen LogP contribution in [0.15, 0.2) is 30.3 Å². The van der Waals surface area contributed by atoms with Crippen molar-refractivity contribution in [3.8, 4) is 5.69 Å². The van der Waals surface area contributed by atoms with Crippen molar-refractivity contribution in [3.63, 3.8) is 0 Å². The van der Waals surface area contributed by atoms with Gasteiger partial charge in [-0.1, -0.05) is 29.8 Å². The van der Waals surface area contributed by atoms with Crippen molar-refractivity contribution < 1.29 is 10.2 Å². The molecule has 2 N–H and O–H groups in total. The van der Waals surface area contributed by atoms with Gasteiger partial charge in [-0.25, -0.2) is 4.68 Å². The molecule has 2 unspecified atom stereocenters. The molecule has 0 bridgehead atoms. The van der Waals surface area contributed by atoms with Crippen LogP contribution in [0.3, 0.4) is 0 Å². The minimum Gasteiger partial charge on any atom is -0.396 e. The molecule has 3 rings (SSSR count). The summed E-state index contributed by atoms with van der Waals surface area (Å²) < 4.78 is 1.75. The zero-order valence-electron chi connectivity index (χ0n) is 13.2. The highest BCUT2D eigenvalue weighted by Crippen LogP contribution is 2.26. The quantitative estimate of drug-likeness (QED) is 0.897. The molecule has 0 radical (unpaired) electrons. The van der Waals surface area contributed by atoms with Gasteiger partial charge >= 0.3 is 0 Å². The van der Waals surface area contributed by atoms with E-state index in [2.05, 4.69) is 10.00 Å². The Morgan fingerprint density at radius 1 is 1.30 bits per heavy atom. The Morgan fingerprint density at radius 2 is 2.04 bits per heavy atom. The van der Waals surface area contributed by atoms with Crippen molar-refractivity contribution in [1.82, 2.24) is 14.7 Å². The number of piperidine rings is 1. The number of halogens is 1. The molecule has 23 heavy (non-hydrogen) atoms. The molecule has 124 valence electrons. The second kappa shape index (κ2) is 7.01. The number of likely N-dealkylation sites (tertiary alicyclic amines) is 1. The summed E-state index contributed by atoms with van der Waals surface area (Å²) in [4.78, 5) is 2.17. The average molecular weight is 336 g/mol. The zero-order chi connectivity index (χ0) is 16.4. The van der Waals surface area contributed by atoms with E-state index in [0.29, 0.717) is 18.2 Å². The third-order valence-electron chi connectivity index (χ3n) is 4.54. The van der Waals surface area contributed by atoms with Crippen LogP contribution in [-0.2, 0) is 6.54 Å². The molecule has 0 aliphatic carbocycles. The predicted molar refractivity (Wildman–Crippen MR) is 89.8 cm³/mol. The number of hydrogen-bond acceptors (Lipinski definition) is 4. The van der Waals surface area contributed by atoms with Gasteiger partial charge in [0.1, 0.15) is 5.15 Å². The lowest BCUT2D eigenvalue weighted by Crippen LogP contribution is -2.44. The summed E-state index contributed by atoms with van der Waals surface area (Å²) in [6.07, 6.45) is 0.304. The third kappa shape index (κ3) is 3.43. The van der Waals surface area contributed by atoms with Gasteiger partial charge in [-0.3, -0.25) is 4.90 Å². The maximum atomic E-state index is 10.1. The van der Waals surface area contributed by atoms with E-state index in [4.69, 9.17) is 11.6 Å². The Bertz CT molecular complexity index is 659. The van der Waals surface area contributed by atoms with Crippen molar-refractivity contribution in [2.75, 3.05) is 19.7 Å². The highest BCUT2D eigenvalue weighted by Gasteiger charge is 2.28. The number of aliphatic hydroxyl groups is 2. The zero-order valence-corrected chi connectivity index (χ0v) is 13.9. The van der Waals surface area contributed by atoms with Crippen LogP contribution < -0.4 is 0 Å². The molecule has 2 aromatic rings. The van der Waals surface area contributed by atoms with E-state index in [1.807, 2.05) is 37.3 Å². The van der Waals surface area contributed by atoms with Crippen molar-refractivity contribution >= 4 is 11.6 Å². The number of benzene rings is 1. The Hall–Kier alpha value is -1.40. The molecule has 6 heteroatoms. The molecule has 0 spiro atoms. The molecule has 1 aromatic heterocycles. The average Bonchev–Trinajstić information content (AvgIpc) is 2.84. The minimum atomic E-state index is -0.489. The van der Waals surface area contributed by atoms with Gasteiger partial charge in [-0.05, 0) is 32.0 Å². The van der Waals surface area contributed by atoms with Gasteiger partial charge in [0.15, 0.2) is 0 Å². The van der Waals surface area contributed by atoms with E-state index in [1.54, 1.807) is 4.68 Å². The molecular formula is C17H22ClN3O2. The maximum Gasteiger partial charge on any atom is 0.137 e. The van der Waals surface area contributed by atoms with Crippen LogP contribution >= 0.6 is 11.6 Å². The van der Waals surface area contributed by atoms with E-state index in [0.717, 1.165) is 29.9 Å². The van der Waals surface area contributed by atoms with Gasteiger partial charge in [0.2, 0.25) is 0 Å². The van der Waals surface area contributed by atoms with Gasteiger partial charge in [0.05, 0.1) is 17.5 Å². The Kier molecular flexibility index (Phi) is 5.02. The van der Waals surface area contributed by atoms with E-state index in [9.17, 15) is 10.2 Å². The van der Waals surface area contributed by atoms with Crippen LogP contribution in [0.5, 0.6) is 0 Å². The van der Waals surface area contributed by atoms with Crippen LogP contribution in [0, 0.1) is 12.8 Å². The standard InChI is InChI=1S/C17H22ClN3O2/c1-12-15(9-20-8-7-13(11-22)16(23)10-20)17(18)21(19-12)14-5-3-2-4-6-14/h2-6,13,16,22-23H,7-11H2,1H3. The molecule has 5 nitrogen and oxygen atoms in total. The molecule has 0 saturated carbocycles. The number of β-amino-alcohol motifs (C(OH)–C–C–N with tert-alkyl or cyclic N) is 1. The number of para-hydroxylation sites is 1. The molecule has 1 saturated heterocycles. The summed E-state index contributed by atoms with van der Waals surface area (Å²) in [7, 11) is 0. The summed E-state index contributed by atoms with van der Waals surface area (Å²) in [5.41, 5.74) is 2.83. The largest absolute Gasteiger partial charge is 0.396 e. The number of aryl methyl sites for hydroxylation is 1. The molecule has 1 aliphatic rings. The van der Waals surface area contributed by atoms with Crippen molar-refractivity contribution in [2.45, 2.75) is 26.0 Å². The summed E-state index contributed by atoms with van der Waals surface area (Å²) in [5, 5.41) is 24.5. The fraction of sp³-hybridized carbons (Fsp3) is 0.471. The summed E-state index contributed by atoms with van der Waals surface area (Å²) in [5.74, 6) is -0.0186. The molecule has 2 heterocycles. The first-order chi connectivity index (χ1) is 11.1. The molecule has 2 atom stereocenters. The van der Waals surface area contributed by atoms with Gasteiger partial charge in [-0.2, -0.15) is 5.10 Å². The van der Waals surface area contributed by atoms with E-state index >= 15 is 0 Å². The fourth-order valence-corrected chi connectivity index (χ4v) is 3.41. The lowest BCUT2D eigenvalue weighted by molar-refractivity contribution is -0.00449. The summed E-state index contributed by atoms with van der Waals surface area (Å²) in [6.45, 7) is 4.05. The van der Waals surface area contributed by atoms with Crippen LogP contribution in [0.4, 0.5) is 0 Å². The van der Waals surface area contributed by atoms with Gasteiger partial charge in [0.25, 0.3) is 0 Å². The SMILES string of the molecule is Cc1nn(-c2ccccc2)c(Cl)c1CN1CCC(CO)C(O)C1. The predicted octanol–water partition coefficient (Wildman–Crippen LogP) is 2.01. The number of aliphatic hydroxyl groups excluding tert-OH is 2. The van der Waals surface area contributed by atoms with Crippen LogP contribution in [-0.4, -0.2) is 50.7 Å². The van der Waals surface area contributed by atoms with Gasteiger partial charge < -0.3 is 10.2 Å². The Balaban J connectivity index is 1.78. The monoisotopic (exact) mass is 335 g/mol. The number of hydrogen-bond donors (Lipinski definition) is 2.